The number of fused-ring (bicyclic) bond motifs is 2. The van der Waals surface area contributed by atoms with Crippen LogP contribution < -0.4 is 5.56 Å². The molecule has 2 N–H and O–H groups in total. The van der Waals surface area contributed by atoms with Gasteiger partial charge in [-0.05, 0) is 12.1 Å². The summed E-state index contributed by atoms with van der Waals surface area (Å²) >= 11 is 0. The van der Waals surface area contributed by atoms with Gasteiger partial charge in [-0.3, -0.25) is 4.79 Å². The maximum atomic E-state index is 11.5. The highest BCUT2D eigenvalue weighted by Crippen LogP contribution is 2.29. The summed E-state index contributed by atoms with van der Waals surface area (Å²) in [5.74, 6) is -0.479. The molecule has 2 aliphatic heterocycles. The quantitative estimate of drug-likeness (QED) is 0.440. The molecule has 3 rings (SSSR count). The van der Waals surface area contributed by atoms with Crippen LogP contribution in [0.5, 0.6) is 5.88 Å². The monoisotopic (exact) mass is 229 g/mol. The van der Waals surface area contributed by atoms with Crippen LogP contribution in [0.25, 0.3) is 22.2 Å². The van der Waals surface area contributed by atoms with Crippen molar-refractivity contribution in [2.45, 2.75) is 0 Å². The zero-order chi connectivity index (χ0) is 12.0. The molecule has 0 aliphatic carbocycles. The molecule has 0 amide bonds. The number of aromatic nitrogens is 3. The van der Waals surface area contributed by atoms with Crippen LogP contribution in [0.3, 0.4) is 0 Å². The normalized spacial score (nSPS) is 11.1. The molecule has 84 valence electrons. The fraction of sp³-hybridized carbons (Fsp3) is 0. The van der Waals surface area contributed by atoms with Gasteiger partial charge >= 0.3 is 0 Å². The van der Waals surface area contributed by atoms with Gasteiger partial charge in [-0.2, -0.15) is 4.73 Å². The van der Waals surface area contributed by atoms with Crippen LogP contribution >= 0.6 is 0 Å². The number of benzene rings is 1. The summed E-state index contributed by atoms with van der Waals surface area (Å²) in [7, 11) is 0. The van der Waals surface area contributed by atoms with Crippen molar-refractivity contribution in [1.29, 1.82) is 0 Å². The Morgan fingerprint density at radius 2 is 1.94 bits per heavy atom. The van der Waals surface area contributed by atoms with Gasteiger partial charge in [-0.25, -0.2) is 0 Å². The van der Waals surface area contributed by atoms with Crippen molar-refractivity contribution in [3.05, 3.63) is 40.7 Å². The molecule has 1 aromatic carbocycles. The van der Waals surface area contributed by atoms with E-state index in [0.29, 0.717) is 10.9 Å². The molecule has 0 bridgehead atoms. The summed E-state index contributed by atoms with van der Waals surface area (Å²) < 4.78 is 0.746. The number of nitrogens with zero attached hydrogens (tertiary/aromatic N) is 3. The summed E-state index contributed by atoms with van der Waals surface area (Å²) in [4.78, 5) is 11.5. The number of hydrogen-bond donors (Lipinski definition) is 2. The van der Waals surface area contributed by atoms with Gasteiger partial charge in [0.25, 0.3) is 11.4 Å². The van der Waals surface area contributed by atoms with Gasteiger partial charge in [0.15, 0.2) is 5.69 Å². The average molecular weight is 229 g/mol. The molecular weight excluding hydrogens is 222 g/mol. The molecule has 2 aliphatic rings. The topological polar surface area (TPSA) is 88.2 Å². The summed E-state index contributed by atoms with van der Waals surface area (Å²) in [5, 5.41) is 26.7. The lowest BCUT2D eigenvalue weighted by atomic mass is 10.1. The largest absolute Gasteiger partial charge is 0.491 e. The maximum absolute atomic E-state index is 11.5. The maximum Gasteiger partial charge on any atom is 0.298 e. The first-order valence-corrected chi connectivity index (χ1v) is 4.88. The summed E-state index contributed by atoms with van der Waals surface area (Å²) in [6, 6.07) is 8.50. The van der Waals surface area contributed by atoms with E-state index in [2.05, 4.69) is 10.2 Å². The molecule has 0 aromatic heterocycles. The molecule has 2 heterocycles. The second-order valence-electron chi connectivity index (χ2n) is 3.61. The molecular formula is C11H7N3O3. The fourth-order valence-electron chi connectivity index (χ4n) is 1.83. The molecule has 0 spiro atoms. The van der Waals surface area contributed by atoms with Gasteiger partial charge in [0, 0.05) is 5.39 Å². The van der Waals surface area contributed by atoms with Crippen LogP contribution in [0, 0.1) is 0 Å². The summed E-state index contributed by atoms with van der Waals surface area (Å²) in [6.45, 7) is 0. The van der Waals surface area contributed by atoms with E-state index in [-0.39, 0.29) is 11.3 Å². The lowest BCUT2D eigenvalue weighted by Crippen LogP contribution is -2.16. The third-order valence-corrected chi connectivity index (χ3v) is 2.61. The first kappa shape index (κ1) is 9.59. The van der Waals surface area contributed by atoms with E-state index >= 15 is 0 Å². The molecule has 0 radical (unpaired) electrons. The number of aromatic hydroxyl groups is 1. The van der Waals surface area contributed by atoms with E-state index in [1.165, 1.54) is 0 Å². The third kappa shape index (κ3) is 1.24. The van der Waals surface area contributed by atoms with Crippen LogP contribution in [0.2, 0.25) is 0 Å². The Labute approximate surface area is 94.7 Å². The van der Waals surface area contributed by atoms with Gasteiger partial charge < -0.3 is 10.3 Å². The molecule has 1 aromatic rings. The van der Waals surface area contributed by atoms with E-state index in [1.54, 1.807) is 30.3 Å². The molecule has 0 saturated heterocycles. The zero-order valence-electron chi connectivity index (χ0n) is 8.53. The molecule has 6 nitrogen and oxygen atoms in total. The number of pyridine rings is 1. The van der Waals surface area contributed by atoms with Crippen LogP contribution in [-0.2, 0) is 0 Å². The van der Waals surface area contributed by atoms with Crippen LogP contribution in [0.15, 0.2) is 35.1 Å². The highest BCUT2D eigenvalue weighted by atomic mass is 16.5. The van der Waals surface area contributed by atoms with Gasteiger partial charge in [-0.15, -0.1) is 10.2 Å². The van der Waals surface area contributed by atoms with E-state index in [4.69, 9.17) is 0 Å². The van der Waals surface area contributed by atoms with Crippen molar-refractivity contribution in [3.63, 3.8) is 0 Å². The SMILES string of the molecule is O=c1nnc(O)c2n(O)c3ccccc3cc1-2. The van der Waals surface area contributed by atoms with E-state index in [0.717, 1.165) is 4.73 Å². The van der Waals surface area contributed by atoms with E-state index < -0.39 is 11.4 Å². The Morgan fingerprint density at radius 3 is 2.76 bits per heavy atom. The number of hydrogen-bond acceptors (Lipinski definition) is 5. The molecule has 0 saturated carbocycles. The highest BCUT2D eigenvalue weighted by molar-refractivity contribution is 5.86. The van der Waals surface area contributed by atoms with Crippen molar-refractivity contribution in [2.24, 2.45) is 0 Å². The predicted molar refractivity (Wildman–Crippen MR) is 59.3 cm³/mol. The van der Waals surface area contributed by atoms with Gasteiger partial charge in [0.1, 0.15) is 0 Å². The number of para-hydroxylation sites is 1. The first-order valence-electron chi connectivity index (χ1n) is 4.88. The smallest absolute Gasteiger partial charge is 0.298 e. The number of rotatable bonds is 0. The van der Waals surface area contributed by atoms with Crippen molar-refractivity contribution >= 4 is 10.9 Å². The zero-order valence-corrected chi connectivity index (χ0v) is 8.53. The minimum absolute atomic E-state index is 0.0382. The van der Waals surface area contributed by atoms with Gasteiger partial charge in [-0.1, -0.05) is 18.2 Å². The Kier molecular flexibility index (Phi) is 1.79. The van der Waals surface area contributed by atoms with Gasteiger partial charge in [0.2, 0.25) is 0 Å². The fourth-order valence-corrected chi connectivity index (χ4v) is 1.83. The Hall–Kier alpha value is -2.63. The lowest BCUT2D eigenvalue weighted by Gasteiger charge is -2.12. The molecule has 0 unspecified atom stereocenters. The van der Waals surface area contributed by atoms with E-state index in [9.17, 15) is 15.1 Å². The van der Waals surface area contributed by atoms with Gasteiger partial charge in [0.05, 0.1) is 11.1 Å². The second kappa shape index (κ2) is 3.18. The Morgan fingerprint density at radius 1 is 1.18 bits per heavy atom. The molecule has 6 heteroatoms. The minimum Gasteiger partial charge on any atom is -0.491 e. The lowest BCUT2D eigenvalue weighted by molar-refractivity contribution is 0.199. The highest BCUT2D eigenvalue weighted by Gasteiger charge is 2.19. The Balaban J connectivity index is 2.64. The van der Waals surface area contributed by atoms with Crippen LogP contribution in [0.1, 0.15) is 0 Å². The van der Waals surface area contributed by atoms with Crippen molar-refractivity contribution < 1.29 is 10.3 Å². The summed E-state index contributed by atoms with van der Waals surface area (Å²) in [6.07, 6.45) is 0. The predicted octanol–water partition coefficient (Wildman–Crippen LogP) is 0.839. The molecule has 17 heavy (non-hydrogen) atoms. The average Bonchev–Trinajstić information content (AvgIpc) is 2.34. The minimum atomic E-state index is -0.591. The Bertz CT molecular complexity index is 751. The van der Waals surface area contributed by atoms with Crippen molar-refractivity contribution in [2.75, 3.05) is 0 Å². The molecule has 0 atom stereocenters. The standard InChI is InChI=1S/C11H7N3O3/c15-10-7-5-6-3-1-2-4-8(6)14(17)9(7)11(16)13-12-10/h1-5,16-17H. The van der Waals surface area contributed by atoms with Crippen LogP contribution in [-0.4, -0.2) is 25.2 Å². The summed E-state index contributed by atoms with van der Waals surface area (Å²) in [5.41, 5.74) is -0.0311. The second-order valence-corrected chi connectivity index (χ2v) is 3.61. The van der Waals surface area contributed by atoms with Crippen molar-refractivity contribution in [3.8, 4) is 17.1 Å². The van der Waals surface area contributed by atoms with Crippen molar-refractivity contribution in [1.82, 2.24) is 14.9 Å². The third-order valence-electron chi connectivity index (χ3n) is 2.61. The first-order chi connectivity index (χ1) is 8.18. The molecule has 0 fully saturated rings. The van der Waals surface area contributed by atoms with Crippen LogP contribution in [0.4, 0.5) is 0 Å². The van der Waals surface area contributed by atoms with E-state index in [1.807, 2.05) is 0 Å².